The van der Waals surface area contributed by atoms with Crippen molar-refractivity contribution in [3.63, 3.8) is 0 Å². The van der Waals surface area contributed by atoms with Crippen molar-refractivity contribution >= 4 is 81.1 Å². The second-order valence-corrected chi connectivity index (χ2v) is 15.7. The third-order valence-electron chi connectivity index (χ3n) is 11.7. The van der Waals surface area contributed by atoms with E-state index in [0.29, 0.717) is 0 Å². The van der Waals surface area contributed by atoms with E-state index < -0.39 is 0 Å². The predicted molar refractivity (Wildman–Crippen MR) is 235 cm³/mol. The first kappa shape index (κ1) is 32.5. The number of fused-ring (bicyclic) bond motifs is 6. The molecule has 0 spiro atoms. The Morgan fingerprint density at radius 1 is 0.491 bits per heavy atom. The Morgan fingerprint density at radius 3 is 1.65 bits per heavy atom. The summed E-state index contributed by atoms with van der Waals surface area (Å²) in [5.74, 6) is 5.58. The van der Waals surface area contributed by atoms with E-state index in [4.69, 9.17) is 19.4 Å². The van der Waals surface area contributed by atoms with Gasteiger partial charge >= 0.3 is 0 Å². The highest BCUT2D eigenvalue weighted by Crippen LogP contribution is 2.47. The van der Waals surface area contributed by atoms with Crippen LogP contribution < -0.4 is 9.47 Å². The van der Waals surface area contributed by atoms with Crippen LogP contribution in [0.5, 0.6) is 23.0 Å². The first-order valence-corrected chi connectivity index (χ1v) is 20.3. The van der Waals surface area contributed by atoms with Crippen molar-refractivity contribution in [3.05, 3.63) is 156 Å². The molecule has 0 N–H and O–H groups in total. The maximum absolute atomic E-state index is 6.49. The fourth-order valence-electron chi connectivity index (χ4n) is 9.28. The van der Waals surface area contributed by atoms with Crippen LogP contribution in [0.25, 0.3) is 87.7 Å². The number of benzene rings is 9. The van der Waals surface area contributed by atoms with Crippen molar-refractivity contribution in [2.24, 2.45) is 0 Å². The van der Waals surface area contributed by atoms with Gasteiger partial charge in [-0.3, -0.25) is 9.13 Å². The highest BCUT2D eigenvalue weighted by atomic mass is 79.9. The molecule has 2 aliphatic heterocycles. The van der Waals surface area contributed by atoms with E-state index in [1.165, 1.54) is 48.7 Å². The van der Waals surface area contributed by atoms with E-state index in [2.05, 4.69) is 136 Å². The molecule has 0 saturated carbocycles. The summed E-state index contributed by atoms with van der Waals surface area (Å²) in [4.78, 5) is 9.57. The lowest BCUT2D eigenvalue weighted by molar-refractivity contribution is 0.474. The third-order valence-corrected chi connectivity index (χ3v) is 12.2. The van der Waals surface area contributed by atoms with Gasteiger partial charge in [0.1, 0.15) is 22.7 Å². The van der Waals surface area contributed by atoms with Gasteiger partial charge in [0, 0.05) is 17.3 Å². The molecule has 0 amide bonds. The van der Waals surface area contributed by atoms with Gasteiger partial charge in [-0.15, -0.1) is 0 Å². The van der Waals surface area contributed by atoms with E-state index >= 15 is 0 Å². The fourth-order valence-corrected chi connectivity index (χ4v) is 9.62. The maximum atomic E-state index is 6.49. The number of para-hydroxylation sites is 2. The van der Waals surface area contributed by atoms with Gasteiger partial charge in [0.05, 0.1) is 22.4 Å². The molecule has 0 radical (unpaired) electrons. The Labute approximate surface area is 336 Å². The van der Waals surface area contributed by atoms with Crippen LogP contribution in [0.1, 0.15) is 25.5 Å². The summed E-state index contributed by atoms with van der Waals surface area (Å²) in [5, 5.41) is 10.5. The molecule has 0 fully saturated rings. The van der Waals surface area contributed by atoms with Gasteiger partial charge in [-0.25, -0.2) is 9.97 Å². The second kappa shape index (κ2) is 12.1. The van der Waals surface area contributed by atoms with Gasteiger partial charge < -0.3 is 9.47 Å². The minimum atomic E-state index is 0.860. The molecule has 11 aromatic rings. The number of hydrogen-bond donors (Lipinski definition) is 0. The van der Waals surface area contributed by atoms with Crippen LogP contribution in [0.15, 0.2) is 144 Å². The van der Waals surface area contributed by atoms with Gasteiger partial charge in [0.2, 0.25) is 0 Å². The Morgan fingerprint density at radius 2 is 1.02 bits per heavy atom. The maximum Gasteiger partial charge on any atom is 0.153 e. The summed E-state index contributed by atoms with van der Waals surface area (Å²) in [6, 6.07) is 49.4. The van der Waals surface area contributed by atoms with Crippen LogP contribution in [-0.4, -0.2) is 19.1 Å². The topological polar surface area (TPSA) is 54.1 Å². The SMILES string of the molecule is CCc1nc2cccc3c2n1-c1ccc(-c2ccc4c5cccc6cccc(c7cccc2c74)c65)cc1O3.CCc1nc2cccc3c2n1-c1ccc(Br)cc1O3. The molecule has 57 heavy (non-hydrogen) atoms. The van der Waals surface area contributed by atoms with Crippen LogP contribution in [0.3, 0.4) is 0 Å². The molecule has 2 aliphatic rings. The Hall–Kier alpha value is -6.70. The Bertz CT molecular complexity index is 3420. The molecular weight excluding hydrogens is 768 g/mol. The number of aryl methyl sites for hydroxylation is 2. The lowest BCUT2D eigenvalue weighted by Crippen LogP contribution is -2.07. The fraction of sp³-hybridized carbons (Fsp3) is 0.0800. The standard InChI is InChI=1S/C35H22N2O.C15H11BrN2O/c1-2-32-36-28-13-6-14-30-35(28)37(32)29-18-15-21(19-31(29)38-30)22-16-17-27-25-10-4-8-20-7-3-9-24(33(20)25)26-12-5-11-23(22)34(26)27;1-2-14-17-10-4-3-5-12-15(10)18(14)11-7-6-9(16)8-13(11)19-12/h3-19H,2H2,1H3;3-8H,2H2,1H3. The van der Waals surface area contributed by atoms with Gasteiger partial charge in [0.25, 0.3) is 0 Å². The van der Waals surface area contributed by atoms with Crippen molar-refractivity contribution in [1.82, 2.24) is 19.1 Å². The van der Waals surface area contributed by atoms with Crippen LogP contribution in [-0.2, 0) is 12.8 Å². The quantitative estimate of drug-likeness (QED) is 0.132. The summed E-state index contributed by atoms with van der Waals surface area (Å²) >= 11 is 3.49. The molecule has 0 atom stereocenters. The normalized spacial score (nSPS) is 12.5. The summed E-state index contributed by atoms with van der Waals surface area (Å²) in [7, 11) is 0. The number of ether oxygens (including phenoxy) is 2. The summed E-state index contributed by atoms with van der Waals surface area (Å²) in [5.41, 5.74) is 8.56. The van der Waals surface area contributed by atoms with E-state index in [1.54, 1.807) is 0 Å². The molecule has 0 saturated heterocycles. The first-order valence-electron chi connectivity index (χ1n) is 19.5. The van der Waals surface area contributed by atoms with Crippen molar-refractivity contribution < 1.29 is 9.47 Å². The minimum absolute atomic E-state index is 0.860. The monoisotopic (exact) mass is 800 g/mol. The molecule has 13 rings (SSSR count). The highest BCUT2D eigenvalue weighted by molar-refractivity contribution is 9.10. The van der Waals surface area contributed by atoms with Crippen molar-refractivity contribution in [2.45, 2.75) is 26.7 Å². The van der Waals surface area contributed by atoms with Gasteiger partial charge in [-0.2, -0.15) is 0 Å². The second-order valence-electron chi connectivity index (χ2n) is 14.8. The molecule has 7 heteroatoms. The molecular formula is C50H33BrN4O2. The largest absolute Gasteiger partial charge is 0.453 e. The number of rotatable bonds is 3. The molecule has 6 nitrogen and oxygen atoms in total. The number of imidazole rings is 2. The lowest BCUT2D eigenvalue weighted by atomic mass is 9.87. The van der Waals surface area contributed by atoms with E-state index in [0.717, 1.165) is 91.0 Å². The highest BCUT2D eigenvalue weighted by Gasteiger charge is 2.26. The van der Waals surface area contributed by atoms with Gasteiger partial charge in [0.15, 0.2) is 23.0 Å². The number of hydrogen-bond acceptors (Lipinski definition) is 4. The summed E-state index contributed by atoms with van der Waals surface area (Å²) in [6.07, 6.45) is 1.75. The molecule has 2 aromatic heterocycles. The van der Waals surface area contributed by atoms with Crippen LogP contribution in [0.4, 0.5) is 0 Å². The Balaban J connectivity index is 0.000000157. The molecule has 4 heterocycles. The van der Waals surface area contributed by atoms with Crippen molar-refractivity contribution in [1.29, 1.82) is 0 Å². The van der Waals surface area contributed by atoms with E-state index in [1.807, 2.05) is 42.5 Å². The minimum Gasteiger partial charge on any atom is -0.453 e. The van der Waals surface area contributed by atoms with E-state index in [-0.39, 0.29) is 0 Å². The average molecular weight is 802 g/mol. The lowest BCUT2D eigenvalue weighted by Gasteiger charge is -2.22. The zero-order valence-electron chi connectivity index (χ0n) is 31.2. The molecule has 272 valence electrons. The average Bonchev–Trinajstić information content (AvgIpc) is 3.83. The predicted octanol–water partition coefficient (Wildman–Crippen LogP) is 13.9. The summed E-state index contributed by atoms with van der Waals surface area (Å²) < 4.78 is 18.0. The Kier molecular flexibility index (Phi) is 6.93. The smallest absolute Gasteiger partial charge is 0.153 e. The molecule has 9 aromatic carbocycles. The third kappa shape index (κ3) is 4.63. The van der Waals surface area contributed by atoms with E-state index in [9.17, 15) is 0 Å². The molecule has 0 unspecified atom stereocenters. The van der Waals surface area contributed by atoms with Crippen molar-refractivity contribution in [3.8, 4) is 45.5 Å². The number of nitrogens with zero attached hydrogens (tertiary/aromatic N) is 4. The molecule has 0 aliphatic carbocycles. The number of halogens is 1. The van der Waals surface area contributed by atoms with Gasteiger partial charge in [-0.1, -0.05) is 115 Å². The molecule has 0 bridgehead atoms. The van der Waals surface area contributed by atoms with Crippen LogP contribution in [0, 0.1) is 0 Å². The first-order chi connectivity index (χ1) is 28.1. The van der Waals surface area contributed by atoms with Gasteiger partial charge in [-0.05, 0) is 109 Å². The van der Waals surface area contributed by atoms with Crippen LogP contribution in [0.2, 0.25) is 0 Å². The zero-order valence-corrected chi connectivity index (χ0v) is 32.8. The number of aromatic nitrogens is 4. The zero-order chi connectivity index (χ0) is 37.9. The van der Waals surface area contributed by atoms with Crippen LogP contribution >= 0.6 is 15.9 Å². The van der Waals surface area contributed by atoms with Crippen molar-refractivity contribution in [2.75, 3.05) is 0 Å². The summed E-state index contributed by atoms with van der Waals surface area (Å²) in [6.45, 7) is 4.28.